The van der Waals surface area contributed by atoms with Crippen LogP contribution in [0.25, 0.3) is 22.6 Å². The molecule has 1 saturated heterocycles. The number of benzene rings is 3. The van der Waals surface area contributed by atoms with Gasteiger partial charge in [-0.05, 0) is 42.0 Å². The fourth-order valence-electron chi connectivity index (χ4n) is 4.36. The lowest BCUT2D eigenvalue weighted by molar-refractivity contribution is -0.0314. The fraction of sp³-hybridized carbons (Fsp3) is 0.250. The summed E-state index contributed by atoms with van der Waals surface area (Å²) in [5.74, 6) is 1.15. The van der Waals surface area contributed by atoms with Crippen molar-refractivity contribution in [1.29, 1.82) is 0 Å². The molecule has 2 heterocycles. The van der Waals surface area contributed by atoms with Crippen LogP contribution in [-0.2, 0) is 25.9 Å². The van der Waals surface area contributed by atoms with Crippen molar-refractivity contribution >= 4 is 21.8 Å². The predicted octanol–water partition coefficient (Wildman–Crippen LogP) is 5.49. The third kappa shape index (κ3) is 5.97. The summed E-state index contributed by atoms with van der Waals surface area (Å²) in [5.41, 5.74) is 3.40. The van der Waals surface area contributed by atoms with Crippen molar-refractivity contribution in [2.75, 3.05) is 20.3 Å². The predicted molar refractivity (Wildman–Crippen MR) is 144 cm³/mol. The summed E-state index contributed by atoms with van der Waals surface area (Å²) in [4.78, 5) is 5.73. The van der Waals surface area contributed by atoms with Crippen LogP contribution in [0, 0.1) is 0 Å². The zero-order valence-corrected chi connectivity index (χ0v) is 22.1. The fourth-order valence-corrected chi connectivity index (χ4v) is 6.12. The Kier molecular flexibility index (Phi) is 7.50. The number of thioether (sulfide) groups is 1. The van der Waals surface area contributed by atoms with E-state index in [1.165, 1.54) is 12.1 Å². The highest BCUT2D eigenvalue weighted by atomic mass is 32.2. The molecular weight excluding hydrogens is 508 g/mol. The minimum atomic E-state index is -3.78. The van der Waals surface area contributed by atoms with Crippen LogP contribution in [-0.4, -0.2) is 38.7 Å². The van der Waals surface area contributed by atoms with Crippen LogP contribution in [0.15, 0.2) is 93.1 Å². The summed E-state index contributed by atoms with van der Waals surface area (Å²) < 4.78 is 41.1. The van der Waals surface area contributed by atoms with E-state index in [0.29, 0.717) is 37.0 Å². The van der Waals surface area contributed by atoms with Gasteiger partial charge in [0.2, 0.25) is 10.0 Å². The van der Waals surface area contributed by atoms with E-state index in [2.05, 4.69) is 18.2 Å². The summed E-state index contributed by atoms with van der Waals surface area (Å²) in [6.07, 6.45) is 2.19. The summed E-state index contributed by atoms with van der Waals surface area (Å²) >= 11 is 1.73. The van der Waals surface area contributed by atoms with Gasteiger partial charge in [0, 0.05) is 42.4 Å². The second kappa shape index (κ2) is 10.8. The summed E-state index contributed by atoms with van der Waals surface area (Å²) in [6, 6.07) is 24.4. The molecule has 4 aromatic rings. The first-order chi connectivity index (χ1) is 17.9. The number of methoxy groups -OCH3 is 1. The average molecular weight is 537 g/mol. The van der Waals surface area contributed by atoms with Crippen LogP contribution in [0.1, 0.15) is 24.3 Å². The largest absolute Gasteiger partial charge is 0.440 e. The van der Waals surface area contributed by atoms with E-state index in [0.717, 1.165) is 34.4 Å². The molecule has 0 bridgehead atoms. The van der Waals surface area contributed by atoms with E-state index >= 15 is 0 Å². The number of nitrogens with zero attached hydrogens (tertiary/aromatic N) is 1. The molecule has 0 aliphatic carbocycles. The van der Waals surface area contributed by atoms with Crippen molar-refractivity contribution in [3.8, 4) is 22.6 Å². The highest BCUT2D eigenvalue weighted by molar-refractivity contribution is 8.00. The molecule has 7 nitrogen and oxygen atoms in total. The van der Waals surface area contributed by atoms with Gasteiger partial charge in [-0.15, -0.1) is 0 Å². The normalized spacial score (nSPS) is 15.5. The minimum Gasteiger partial charge on any atom is -0.440 e. The molecule has 2 N–H and O–H groups in total. The maximum absolute atomic E-state index is 11.7. The number of nitrogens with two attached hydrogens (primary N) is 1. The van der Waals surface area contributed by atoms with Gasteiger partial charge in [-0.25, -0.2) is 18.5 Å². The standard InChI is InChI=1S/C28H28N2O5S2/c1-33-28(14-16-34-17-15-28)36-23-9-5-6-20(18-23)19-25-30-26(21-7-3-2-4-8-21)27(35-25)22-10-12-24(13-11-22)37(29,31)32/h2-13,18H,14-17,19H2,1H3,(H2,29,31,32). The SMILES string of the molecule is COC1(Sc2cccc(Cc3nc(-c4ccccc4)c(-c4ccc(S(N)(=O)=O)cc4)o3)c2)CCOCC1. The highest BCUT2D eigenvalue weighted by Crippen LogP contribution is 2.41. The number of sulfonamides is 1. The van der Waals surface area contributed by atoms with Gasteiger partial charge in [0.25, 0.3) is 0 Å². The molecule has 0 spiro atoms. The molecule has 192 valence electrons. The van der Waals surface area contributed by atoms with Crippen molar-refractivity contribution < 1.29 is 22.3 Å². The van der Waals surface area contributed by atoms with Gasteiger partial charge >= 0.3 is 0 Å². The maximum atomic E-state index is 11.7. The quantitative estimate of drug-likeness (QED) is 0.297. The minimum absolute atomic E-state index is 0.0462. The third-order valence-corrected chi connectivity index (χ3v) is 8.71. The number of rotatable bonds is 8. The van der Waals surface area contributed by atoms with Gasteiger partial charge in [0.05, 0.1) is 18.1 Å². The number of hydrogen-bond donors (Lipinski definition) is 1. The Balaban J connectivity index is 1.45. The molecule has 1 fully saturated rings. The Bertz CT molecular complexity index is 1460. The lowest BCUT2D eigenvalue weighted by Crippen LogP contribution is -2.34. The molecule has 0 unspecified atom stereocenters. The Morgan fingerprint density at radius 2 is 1.70 bits per heavy atom. The second-order valence-electron chi connectivity index (χ2n) is 8.87. The van der Waals surface area contributed by atoms with Gasteiger partial charge in [-0.3, -0.25) is 0 Å². The molecule has 3 aromatic carbocycles. The highest BCUT2D eigenvalue weighted by Gasteiger charge is 2.33. The molecule has 5 rings (SSSR count). The van der Waals surface area contributed by atoms with Crippen molar-refractivity contribution in [1.82, 2.24) is 4.98 Å². The molecule has 1 aliphatic rings. The Morgan fingerprint density at radius 1 is 0.973 bits per heavy atom. The van der Waals surface area contributed by atoms with Crippen molar-refractivity contribution in [2.24, 2.45) is 5.14 Å². The number of aromatic nitrogens is 1. The van der Waals surface area contributed by atoms with Crippen LogP contribution in [0.4, 0.5) is 0 Å². The molecule has 1 aromatic heterocycles. The summed E-state index contributed by atoms with van der Waals surface area (Å²) in [5, 5.41) is 5.27. The van der Waals surface area contributed by atoms with E-state index in [1.807, 2.05) is 36.4 Å². The van der Waals surface area contributed by atoms with Gasteiger partial charge in [-0.1, -0.05) is 54.2 Å². The van der Waals surface area contributed by atoms with Crippen LogP contribution in [0.2, 0.25) is 0 Å². The first kappa shape index (κ1) is 25.7. The molecule has 37 heavy (non-hydrogen) atoms. The number of primary sulfonamides is 1. The van der Waals surface area contributed by atoms with Crippen molar-refractivity contribution in [3.63, 3.8) is 0 Å². The maximum Gasteiger partial charge on any atom is 0.238 e. The third-order valence-electron chi connectivity index (χ3n) is 6.35. The van der Waals surface area contributed by atoms with E-state index in [9.17, 15) is 8.42 Å². The Labute approximate surface area is 221 Å². The zero-order valence-electron chi connectivity index (χ0n) is 20.4. The van der Waals surface area contributed by atoms with E-state index in [-0.39, 0.29) is 9.83 Å². The summed E-state index contributed by atoms with van der Waals surface area (Å²) in [7, 11) is -2.02. The number of ether oxygens (including phenoxy) is 2. The van der Waals surface area contributed by atoms with Crippen LogP contribution >= 0.6 is 11.8 Å². The molecule has 0 radical (unpaired) electrons. The molecular formula is C28H28N2O5S2. The lowest BCUT2D eigenvalue weighted by atomic mass is 10.1. The van der Waals surface area contributed by atoms with Crippen LogP contribution in [0.5, 0.6) is 0 Å². The smallest absolute Gasteiger partial charge is 0.238 e. The van der Waals surface area contributed by atoms with E-state index in [1.54, 1.807) is 31.0 Å². The molecule has 0 amide bonds. The van der Waals surface area contributed by atoms with Crippen molar-refractivity contribution in [3.05, 3.63) is 90.3 Å². The Hall–Kier alpha value is -2.95. The molecule has 1 aliphatic heterocycles. The van der Waals surface area contributed by atoms with Gasteiger partial charge in [0.1, 0.15) is 10.6 Å². The number of hydrogen-bond acceptors (Lipinski definition) is 7. The first-order valence-electron chi connectivity index (χ1n) is 11.9. The number of oxazole rings is 1. The average Bonchev–Trinajstić information content (AvgIpc) is 3.33. The molecule has 0 saturated carbocycles. The lowest BCUT2D eigenvalue weighted by Gasteiger charge is -2.35. The van der Waals surface area contributed by atoms with E-state index < -0.39 is 10.0 Å². The monoisotopic (exact) mass is 536 g/mol. The molecule has 0 atom stereocenters. The topological polar surface area (TPSA) is 105 Å². The Morgan fingerprint density at radius 3 is 2.38 bits per heavy atom. The first-order valence-corrected chi connectivity index (χ1v) is 14.3. The second-order valence-corrected chi connectivity index (χ2v) is 11.9. The van der Waals surface area contributed by atoms with Gasteiger partial charge < -0.3 is 13.9 Å². The van der Waals surface area contributed by atoms with Crippen LogP contribution in [0.3, 0.4) is 0 Å². The molecule has 9 heteroatoms. The van der Waals surface area contributed by atoms with Gasteiger partial charge in [0.15, 0.2) is 11.7 Å². The van der Waals surface area contributed by atoms with E-state index in [4.69, 9.17) is 24.0 Å². The zero-order chi connectivity index (χ0) is 25.9. The summed E-state index contributed by atoms with van der Waals surface area (Å²) in [6.45, 7) is 1.39. The van der Waals surface area contributed by atoms with Crippen LogP contribution < -0.4 is 5.14 Å². The van der Waals surface area contributed by atoms with Gasteiger partial charge in [-0.2, -0.15) is 0 Å². The van der Waals surface area contributed by atoms with Crippen molar-refractivity contribution in [2.45, 2.75) is 34.0 Å².